The molecule has 2 aliphatic rings. The first-order valence-corrected chi connectivity index (χ1v) is 28.6. The number of halogens is 2. The van der Waals surface area contributed by atoms with Gasteiger partial charge in [0.2, 0.25) is 0 Å². The van der Waals surface area contributed by atoms with Gasteiger partial charge in [0, 0.05) is 50.2 Å². The predicted octanol–water partition coefficient (Wildman–Crippen LogP) is 11.9. The monoisotopic (exact) mass is 1290 g/mol. The maximum absolute atomic E-state index is 15.0. The lowest BCUT2D eigenvalue weighted by molar-refractivity contribution is -0.402. The van der Waals surface area contributed by atoms with Gasteiger partial charge in [-0.05, 0) is 141 Å². The fourth-order valence-corrected chi connectivity index (χ4v) is 11.1. The van der Waals surface area contributed by atoms with Crippen LogP contribution in [0.25, 0.3) is 44.8 Å². The molecule has 0 spiro atoms. The number of fused-ring (bicyclic) bond motifs is 2. The van der Waals surface area contributed by atoms with E-state index in [1.165, 1.54) is 117 Å². The first-order valence-electron chi connectivity index (χ1n) is 27.9. The molecule has 9 amide bonds. The molecule has 4 heterocycles. The SMILES string of the molecule is CC1(C)C(N(O)C(=O)Nc2ccc(Cl)c(-c3ccc4c(N5C(=O)N(CC(=O)N/N=C/C=C/c6ccc([N+](=O)[O-])o6)C(C)(C)C5N(O)C(=O)Nc5cccc6ccccc56)cccc4c3)c2)N(c2ccc(Cl)cc2)C(=O)N1CC(O)N/N=C/C=C/c1ccc([N+](=O)[O-])o1. The Bertz CT molecular complexity index is 4320. The highest BCUT2D eigenvalue weighted by molar-refractivity contribution is 6.33. The van der Waals surface area contributed by atoms with Gasteiger partial charge in [0.05, 0.1) is 41.1 Å². The van der Waals surface area contributed by atoms with Gasteiger partial charge < -0.3 is 34.4 Å². The minimum absolute atomic E-state index is 0.152. The molecule has 3 unspecified atom stereocenters. The maximum Gasteiger partial charge on any atom is 0.433 e. The molecule has 0 aliphatic carbocycles. The summed E-state index contributed by atoms with van der Waals surface area (Å²) in [6.45, 7) is 5.30. The third-order valence-electron chi connectivity index (χ3n) is 15.2. The number of nitro groups is 2. The number of hydrogen-bond donors (Lipinski definition) is 7. The second-order valence-electron chi connectivity index (χ2n) is 21.8. The average Bonchev–Trinajstić information content (AvgIpc) is 1.57. The first kappa shape index (κ1) is 63.8. The largest absolute Gasteiger partial charge is 0.433 e. The number of hydrogen-bond acceptors (Lipinski definition) is 17. The number of aliphatic hydroxyl groups excluding tert-OH is 1. The Morgan fingerprint density at radius 3 is 1.92 bits per heavy atom. The summed E-state index contributed by atoms with van der Waals surface area (Å²) in [6.07, 6.45) is 3.52. The molecule has 30 heteroatoms. The number of rotatable bonds is 20. The maximum atomic E-state index is 15.0. The normalized spacial score (nSPS) is 16.6. The van der Waals surface area contributed by atoms with Gasteiger partial charge in [-0.1, -0.05) is 83.9 Å². The van der Waals surface area contributed by atoms with E-state index in [1.807, 2.05) is 18.2 Å². The van der Waals surface area contributed by atoms with E-state index in [2.05, 4.69) is 31.7 Å². The van der Waals surface area contributed by atoms with Crippen molar-refractivity contribution in [2.75, 3.05) is 33.5 Å². The molecule has 10 rings (SSSR count). The molecular formula is C62H56Cl2N14O14. The van der Waals surface area contributed by atoms with E-state index in [0.29, 0.717) is 48.1 Å². The smallest absolute Gasteiger partial charge is 0.401 e. The van der Waals surface area contributed by atoms with Crippen molar-refractivity contribution in [3.05, 3.63) is 200 Å². The van der Waals surface area contributed by atoms with Gasteiger partial charge >= 0.3 is 35.9 Å². The van der Waals surface area contributed by atoms with Gasteiger partial charge in [0.15, 0.2) is 18.6 Å². The van der Waals surface area contributed by atoms with Crippen LogP contribution in [0, 0.1) is 20.2 Å². The highest BCUT2D eigenvalue weighted by Gasteiger charge is 2.58. The molecule has 92 heavy (non-hydrogen) atoms. The number of furan rings is 2. The molecule has 3 atom stereocenters. The van der Waals surface area contributed by atoms with Crippen molar-refractivity contribution in [2.45, 2.75) is 57.3 Å². The van der Waals surface area contributed by atoms with Crippen LogP contribution >= 0.6 is 23.2 Å². The number of nitrogens with one attached hydrogen (secondary N) is 4. The van der Waals surface area contributed by atoms with Crippen LogP contribution in [-0.2, 0) is 4.79 Å². The lowest BCUT2D eigenvalue weighted by atomic mass is 9.97. The Morgan fingerprint density at radius 1 is 0.674 bits per heavy atom. The van der Waals surface area contributed by atoms with E-state index in [4.69, 9.17) is 32.0 Å². The fourth-order valence-electron chi connectivity index (χ4n) is 10.8. The second kappa shape index (κ2) is 26.5. The zero-order chi connectivity index (χ0) is 65.8. The Kier molecular flexibility index (Phi) is 18.4. The highest BCUT2D eigenvalue weighted by atomic mass is 35.5. The number of urea groups is 4. The van der Waals surface area contributed by atoms with Gasteiger partial charge in [-0.2, -0.15) is 20.3 Å². The number of anilines is 4. The first-order chi connectivity index (χ1) is 43.9. The molecule has 2 aliphatic heterocycles. The van der Waals surface area contributed by atoms with Crippen LogP contribution in [0.4, 0.5) is 53.7 Å². The molecule has 2 saturated heterocycles. The van der Waals surface area contributed by atoms with Crippen LogP contribution in [0.1, 0.15) is 39.2 Å². The zero-order valence-electron chi connectivity index (χ0n) is 49.0. The highest BCUT2D eigenvalue weighted by Crippen LogP contribution is 2.43. The summed E-state index contributed by atoms with van der Waals surface area (Å²) in [7, 11) is 0. The number of β-amino-alcohol motifs (C(OH)–C–C–N with tert-alkyl or cyclic N) is 1. The molecule has 8 aromatic rings. The molecule has 2 aromatic heterocycles. The standard InChI is InChI=1S/C62H56Cl2N14O14/c1-61(2)55(73(42-23-20-40(63)21-24-42)59(83)71(61)35-51(79)69-65-31-9-14-43-25-29-53(91-43)77(87)88)75(85)57(81)67-41-22-28-48(64)47(34-41)39-19-27-46-38(33-39)13-8-18-50(46)74-56(76(86)58(82)68-49-17-7-12-37-11-5-6-16-45(37)49)62(3,4)72(60(74)84)36-52(80)70-66-32-10-15-44-26-30-54(92-44)78(89)90/h5-34,51,55-56,69,79,85-86H,35-36H2,1-4H3,(H,67,81)(H,68,82)(H,70,80)/b14-9+,15-10+,65-31+,66-32+. The number of nitrogens with zero attached hydrogens (tertiary/aromatic N) is 10. The third kappa shape index (κ3) is 13.3. The molecule has 0 radical (unpaired) electrons. The van der Waals surface area contributed by atoms with E-state index in [9.17, 15) is 54.9 Å². The van der Waals surface area contributed by atoms with Crippen LogP contribution < -0.4 is 31.3 Å². The Labute approximate surface area is 532 Å². The van der Waals surface area contributed by atoms with Crippen molar-refractivity contribution in [1.29, 1.82) is 0 Å². The predicted molar refractivity (Wildman–Crippen MR) is 343 cm³/mol. The summed E-state index contributed by atoms with van der Waals surface area (Å²) < 4.78 is 10.2. The van der Waals surface area contributed by atoms with Gasteiger partial charge in [-0.25, -0.2) is 24.6 Å². The van der Waals surface area contributed by atoms with Crippen molar-refractivity contribution < 1.29 is 58.2 Å². The van der Waals surface area contributed by atoms with Gasteiger partial charge in [-0.3, -0.25) is 50.7 Å². The Morgan fingerprint density at radius 2 is 1.26 bits per heavy atom. The van der Waals surface area contributed by atoms with Crippen molar-refractivity contribution in [2.24, 2.45) is 10.2 Å². The van der Waals surface area contributed by atoms with E-state index in [-0.39, 0.29) is 33.6 Å². The van der Waals surface area contributed by atoms with Gasteiger partial charge in [0.1, 0.15) is 27.9 Å². The van der Waals surface area contributed by atoms with Crippen LogP contribution in [0.2, 0.25) is 10.0 Å². The fraction of sp³-hybridized carbons (Fsp3) is 0.177. The number of aliphatic hydroxyl groups is 1. The van der Waals surface area contributed by atoms with Crippen molar-refractivity contribution >= 4 is 134 Å². The Hall–Kier alpha value is -11.2. The van der Waals surface area contributed by atoms with Gasteiger partial charge in [-0.15, -0.1) is 0 Å². The Balaban J connectivity index is 0.893. The number of carbonyl (C=O) groups excluding carboxylic acids is 5. The van der Waals surface area contributed by atoms with E-state index in [0.717, 1.165) is 5.39 Å². The molecule has 28 nitrogen and oxygen atoms in total. The summed E-state index contributed by atoms with van der Waals surface area (Å²) in [4.78, 5) is 97.0. The number of amides is 9. The number of benzene rings is 6. The van der Waals surface area contributed by atoms with E-state index in [1.54, 1.807) is 94.4 Å². The minimum Gasteiger partial charge on any atom is -0.401 e. The van der Waals surface area contributed by atoms with Crippen molar-refractivity contribution in [3.63, 3.8) is 0 Å². The third-order valence-corrected chi connectivity index (χ3v) is 15.8. The van der Waals surface area contributed by atoms with Crippen molar-refractivity contribution in [1.82, 2.24) is 30.8 Å². The quantitative estimate of drug-likeness (QED) is 0.0123. The zero-order valence-corrected chi connectivity index (χ0v) is 50.5. The van der Waals surface area contributed by atoms with Crippen LogP contribution in [0.3, 0.4) is 0 Å². The molecule has 2 fully saturated rings. The topological polar surface area (TPSA) is 351 Å². The number of allylic oxidation sites excluding steroid dienone is 2. The summed E-state index contributed by atoms with van der Waals surface area (Å²) >= 11 is 13.1. The summed E-state index contributed by atoms with van der Waals surface area (Å²) in [6, 6.07) is 34.9. The molecule has 0 bridgehead atoms. The van der Waals surface area contributed by atoms with Crippen LogP contribution in [-0.4, -0.2) is 130 Å². The molecule has 472 valence electrons. The molecular weight excluding hydrogens is 1240 g/mol. The van der Waals surface area contributed by atoms with Crippen molar-refractivity contribution in [3.8, 4) is 11.1 Å². The summed E-state index contributed by atoms with van der Waals surface area (Å²) in [5.41, 5.74) is 3.80. The van der Waals surface area contributed by atoms with Gasteiger partial charge in [0.25, 0.3) is 5.91 Å². The lowest BCUT2D eigenvalue weighted by Crippen LogP contribution is -2.58. The summed E-state index contributed by atoms with van der Waals surface area (Å²) in [5, 5.41) is 74.2. The van der Waals surface area contributed by atoms with Crippen LogP contribution in [0.15, 0.2) is 177 Å². The molecule has 7 N–H and O–H groups in total. The second-order valence-corrected chi connectivity index (χ2v) is 22.7. The number of hydroxylamine groups is 4. The molecule has 6 aromatic carbocycles. The molecule has 0 saturated carbocycles. The average molecular weight is 1290 g/mol. The number of carbonyl (C=O) groups is 5. The lowest BCUT2D eigenvalue weighted by Gasteiger charge is -2.38. The van der Waals surface area contributed by atoms with Crippen LogP contribution in [0.5, 0.6) is 0 Å². The minimum atomic E-state index is -1.52. The van der Waals surface area contributed by atoms with E-state index >= 15 is 4.79 Å². The number of hydrazone groups is 2. The van der Waals surface area contributed by atoms with E-state index < -0.39 is 94.4 Å². The summed E-state index contributed by atoms with van der Waals surface area (Å²) in [5.74, 6) is -1.35.